The Kier molecular flexibility index (Phi) is 7.75. The van der Waals surface area contributed by atoms with Crippen molar-refractivity contribution in [3.05, 3.63) is 41.5 Å². The molecule has 1 fully saturated rings. The fourth-order valence-corrected chi connectivity index (χ4v) is 3.15. The van der Waals surface area contributed by atoms with Crippen molar-refractivity contribution in [1.29, 1.82) is 0 Å². The maximum atomic E-state index is 12.5. The van der Waals surface area contributed by atoms with Crippen LogP contribution in [0.4, 0.5) is 10.5 Å². The average Bonchev–Trinajstić information content (AvgIpc) is 3.26. The molecule has 30 heavy (non-hydrogen) atoms. The zero-order valence-corrected chi connectivity index (χ0v) is 17.1. The van der Waals surface area contributed by atoms with E-state index in [2.05, 4.69) is 20.2 Å². The number of benzene rings is 1. The van der Waals surface area contributed by atoms with Crippen molar-refractivity contribution >= 4 is 17.7 Å². The van der Waals surface area contributed by atoms with Gasteiger partial charge in [-0.05, 0) is 37.1 Å². The predicted molar refractivity (Wildman–Crippen MR) is 106 cm³/mol. The summed E-state index contributed by atoms with van der Waals surface area (Å²) in [7, 11) is 2.94. The highest BCUT2D eigenvalue weighted by atomic mass is 16.5. The van der Waals surface area contributed by atoms with Crippen molar-refractivity contribution in [3.8, 4) is 0 Å². The van der Waals surface area contributed by atoms with Crippen LogP contribution in [-0.4, -0.2) is 67.6 Å². The van der Waals surface area contributed by atoms with E-state index in [-0.39, 0.29) is 18.6 Å². The minimum atomic E-state index is -0.416. The van der Waals surface area contributed by atoms with Gasteiger partial charge in [0.05, 0.1) is 25.9 Å². The van der Waals surface area contributed by atoms with E-state index in [0.29, 0.717) is 49.3 Å². The molecule has 0 unspecified atom stereocenters. The summed E-state index contributed by atoms with van der Waals surface area (Å²) in [6.07, 6.45) is 1.50. The number of piperidine rings is 1. The lowest BCUT2D eigenvalue weighted by molar-refractivity contribution is 0.0494. The third-order valence-electron chi connectivity index (χ3n) is 4.85. The van der Waals surface area contributed by atoms with Crippen LogP contribution in [-0.2, 0) is 20.8 Å². The van der Waals surface area contributed by atoms with Gasteiger partial charge in [0.1, 0.15) is 6.61 Å². The molecule has 1 N–H and O–H groups in total. The second-order valence-corrected chi connectivity index (χ2v) is 6.85. The lowest BCUT2D eigenvalue weighted by Crippen LogP contribution is -2.40. The summed E-state index contributed by atoms with van der Waals surface area (Å²) in [6.45, 7) is 2.41. The Morgan fingerprint density at radius 2 is 1.90 bits per heavy atom. The number of carbonyl (C=O) groups excluding carboxylic acids is 2. The average molecular weight is 418 g/mol. The number of anilines is 1. The molecule has 1 aromatic heterocycles. The molecule has 0 radical (unpaired) electrons. The van der Waals surface area contributed by atoms with E-state index in [9.17, 15) is 9.59 Å². The summed E-state index contributed by atoms with van der Waals surface area (Å²) >= 11 is 0. The Balaban J connectivity index is 1.45. The van der Waals surface area contributed by atoms with Crippen LogP contribution in [0.2, 0.25) is 0 Å². The molecule has 2 aromatic rings. The van der Waals surface area contributed by atoms with Gasteiger partial charge in [0, 0.05) is 31.8 Å². The highest BCUT2D eigenvalue weighted by Gasteiger charge is 2.27. The van der Waals surface area contributed by atoms with Crippen LogP contribution in [0.3, 0.4) is 0 Å². The molecule has 1 aliphatic rings. The number of hydrogen-bond acceptors (Lipinski definition) is 8. The highest BCUT2D eigenvalue weighted by molar-refractivity contribution is 5.92. The number of aromatic nitrogens is 2. The summed E-state index contributed by atoms with van der Waals surface area (Å²) in [5.41, 5.74) is 1.05. The van der Waals surface area contributed by atoms with Crippen LogP contribution in [0.25, 0.3) is 0 Å². The molecule has 1 saturated heterocycles. The van der Waals surface area contributed by atoms with Gasteiger partial charge in [-0.2, -0.15) is 4.98 Å². The number of hydrogen-bond donors (Lipinski definition) is 1. The Bertz CT molecular complexity index is 830. The molecule has 0 bridgehead atoms. The SMILES string of the molecule is COCCOCc1nc(C2CCN(C(=O)Nc3ccc(C(=O)OC)cc3)CC2)no1. The third-order valence-corrected chi connectivity index (χ3v) is 4.85. The molecule has 162 valence electrons. The number of urea groups is 1. The monoisotopic (exact) mass is 418 g/mol. The number of methoxy groups -OCH3 is 2. The first-order chi connectivity index (χ1) is 14.6. The van der Waals surface area contributed by atoms with Gasteiger partial charge in [-0.25, -0.2) is 9.59 Å². The highest BCUT2D eigenvalue weighted by Crippen LogP contribution is 2.26. The molecule has 0 aliphatic carbocycles. The zero-order valence-electron chi connectivity index (χ0n) is 17.1. The van der Waals surface area contributed by atoms with Crippen LogP contribution < -0.4 is 5.32 Å². The van der Waals surface area contributed by atoms with Gasteiger partial charge >= 0.3 is 12.0 Å². The Hall–Kier alpha value is -2.98. The van der Waals surface area contributed by atoms with Crippen molar-refractivity contribution in [3.63, 3.8) is 0 Å². The van der Waals surface area contributed by atoms with E-state index in [1.165, 1.54) is 7.11 Å². The molecule has 2 amide bonds. The van der Waals surface area contributed by atoms with Gasteiger partial charge in [0.2, 0.25) is 0 Å². The van der Waals surface area contributed by atoms with Gasteiger partial charge in [-0.3, -0.25) is 0 Å². The number of esters is 1. The van der Waals surface area contributed by atoms with Crippen LogP contribution in [0, 0.1) is 0 Å². The van der Waals surface area contributed by atoms with E-state index in [1.54, 1.807) is 36.3 Å². The molecule has 0 spiro atoms. The molecular weight excluding hydrogens is 392 g/mol. The van der Waals surface area contributed by atoms with Crippen molar-refractivity contribution in [1.82, 2.24) is 15.0 Å². The first-order valence-electron chi connectivity index (χ1n) is 9.74. The van der Waals surface area contributed by atoms with E-state index in [4.69, 9.17) is 14.0 Å². The Labute approximate surface area is 174 Å². The topological polar surface area (TPSA) is 116 Å². The quantitative estimate of drug-likeness (QED) is 0.513. The number of likely N-dealkylation sites (tertiary alicyclic amines) is 1. The van der Waals surface area contributed by atoms with E-state index < -0.39 is 5.97 Å². The van der Waals surface area contributed by atoms with Crippen molar-refractivity contribution < 1.29 is 28.3 Å². The number of nitrogens with zero attached hydrogens (tertiary/aromatic N) is 3. The van der Waals surface area contributed by atoms with Crippen molar-refractivity contribution in [2.24, 2.45) is 0 Å². The fraction of sp³-hybridized carbons (Fsp3) is 0.500. The van der Waals surface area contributed by atoms with Crippen LogP contribution in [0.15, 0.2) is 28.8 Å². The van der Waals surface area contributed by atoms with Gasteiger partial charge in [0.15, 0.2) is 5.82 Å². The molecule has 3 rings (SSSR count). The number of amides is 2. The van der Waals surface area contributed by atoms with Gasteiger partial charge in [0.25, 0.3) is 5.89 Å². The second kappa shape index (κ2) is 10.7. The number of ether oxygens (including phenoxy) is 3. The molecule has 0 saturated carbocycles. The van der Waals surface area contributed by atoms with E-state index >= 15 is 0 Å². The molecule has 10 nitrogen and oxygen atoms in total. The van der Waals surface area contributed by atoms with Crippen molar-refractivity contribution in [2.45, 2.75) is 25.4 Å². The maximum absolute atomic E-state index is 12.5. The molecular formula is C20H26N4O6. The predicted octanol–water partition coefficient (Wildman–Crippen LogP) is 2.43. The third kappa shape index (κ3) is 5.77. The summed E-state index contributed by atoms with van der Waals surface area (Å²) in [6, 6.07) is 6.39. The standard InChI is InChI=1S/C20H26N4O6/c1-27-11-12-29-13-17-22-18(23-30-17)14-7-9-24(10-8-14)20(26)21-16-5-3-15(4-6-16)19(25)28-2/h3-6,14H,7-13H2,1-2H3,(H,21,26). The molecule has 0 atom stereocenters. The van der Waals surface area contributed by atoms with E-state index in [1.807, 2.05) is 0 Å². The largest absolute Gasteiger partial charge is 0.465 e. The fourth-order valence-electron chi connectivity index (χ4n) is 3.15. The lowest BCUT2D eigenvalue weighted by atomic mass is 9.96. The van der Waals surface area contributed by atoms with E-state index in [0.717, 1.165) is 12.8 Å². The summed E-state index contributed by atoms with van der Waals surface area (Å²) in [5.74, 6) is 0.821. The van der Waals surface area contributed by atoms with Crippen LogP contribution in [0.1, 0.15) is 40.8 Å². The number of carbonyl (C=O) groups is 2. The second-order valence-electron chi connectivity index (χ2n) is 6.85. The minimum Gasteiger partial charge on any atom is -0.465 e. The molecule has 1 aromatic carbocycles. The zero-order chi connectivity index (χ0) is 21.3. The molecule has 1 aliphatic heterocycles. The first kappa shape index (κ1) is 21.7. The number of nitrogens with one attached hydrogen (secondary N) is 1. The van der Waals surface area contributed by atoms with Gasteiger partial charge in [-0.1, -0.05) is 5.16 Å². The van der Waals surface area contributed by atoms with Gasteiger partial charge in [-0.15, -0.1) is 0 Å². The Morgan fingerprint density at radius 1 is 1.17 bits per heavy atom. The summed E-state index contributed by atoms with van der Waals surface area (Å²) in [5, 5.41) is 6.90. The maximum Gasteiger partial charge on any atom is 0.337 e. The lowest BCUT2D eigenvalue weighted by Gasteiger charge is -2.30. The van der Waals surface area contributed by atoms with Gasteiger partial charge < -0.3 is 29.0 Å². The van der Waals surface area contributed by atoms with Crippen molar-refractivity contribution in [2.75, 3.05) is 45.8 Å². The summed E-state index contributed by atoms with van der Waals surface area (Å²) < 4.78 is 20.2. The first-order valence-corrected chi connectivity index (χ1v) is 9.74. The molecule has 2 heterocycles. The normalized spacial score (nSPS) is 14.5. The Morgan fingerprint density at radius 3 is 2.57 bits per heavy atom. The smallest absolute Gasteiger partial charge is 0.337 e. The summed E-state index contributed by atoms with van der Waals surface area (Å²) in [4.78, 5) is 30.1. The van der Waals surface area contributed by atoms with Crippen LogP contribution >= 0.6 is 0 Å². The van der Waals surface area contributed by atoms with Crippen LogP contribution in [0.5, 0.6) is 0 Å². The molecule has 10 heteroatoms. The number of rotatable bonds is 8. The minimum absolute atomic E-state index is 0.143.